The minimum atomic E-state index is -4.73. The Morgan fingerprint density at radius 3 is 1.75 bits per heavy atom. The molecule has 4 atom stereocenters. The average molecular weight is 947 g/mol. The highest BCUT2D eigenvalue weighted by Gasteiger charge is 2.46. The van der Waals surface area contributed by atoms with Crippen LogP contribution >= 0.6 is 12.9 Å². The highest BCUT2D eigenvalue weighted by atomic mass is 32.2. The lowest BCUT2D eigenvalue weighted by atomic mass is 10.00. The van der Waals surface area contributed by atoms with Gasteiger partial charge >= 0.3 is 0 Å². The van der Waals surface area contributed by atoms with E-state index in [1.807, 2.05) is 60.7 Å². The molecule has 6 aromatic rings. The van der Waals surface area contributed by atoms with Gasteiger partial charge in [0, 0.05) is 67.0 Å². The standard InChI is InChI=1S/C47H42N6O12S2/c1-59-40-20-32-36(50-44(63-64-65-66)38-18-30(24-52(38)46(32)54)26-8-10-34-28(16-26)6-3-12-48-34)22-42(40)61-14-5-15-62-43-23-37-33(21-41(43)60-2)47(55)53-25-31(19-39(53)45(51-37)67(56,57)58)27-9-11-35-29(17-27)7-4-13-49-35/h3-4,6-13,16-17,20-25,38-39,44-45,50-51,66H,5,14-15,18-19H2,1-2H3,(H,56,57,58)/t38-,39-,44?,45?/m0/s1. The highest BCUT2D eigenvalue weighted by molar-refractivity contribution is 7.86. The van der Waals surface area contributed by atoms with Crippen LogP contribution in [0.15, 0.2) is 110 Å². The maximum atomic E-state index is 14.2. The van der Waals surface area contributed by atoms with Gasteiger partial charge in [-0.15, -0.1) is 4.33 Å². The number of thiol groups is 1. The summed E-state index contributed by atoms with van der Waals surface area (Å²) in [6.45, 7) is 0.239. The Balaban J connectivity index is 0.843. The minimum Gasteiger partial charge on any atom is -0.493 e. The molecule has 0 saturated heterocycles. The van der Waals surface area contributed by atoms with Crippen molar-refractivity contribution in [3.63, 3.8) is 0 Å². The van der Waals surface area contributed by atoms with E-state index in [-0.39, 0.29) is 48.3 Å². The van der Waals surface area contributed by atoms with Gasteiger partial charge in [-0.3, -0.25) is 24.1 Å². The first kappa shape index (κ1) is 43.9. The number of pyridine rings is 2. The summed E-state index contributed by atoms with van der Waals surface area (Å²) in [5.41, 5.74) is 5.97. The van der Waals surface area contributed by atoms with Crippen molar-refractivity contribution in [2.45, 2.75) is 42.9 Å². The number of benzene rings is 4. The summed E-state index contributed by atoms with van der Waals surface area (Å²) in [5, 5.41) is 11.3. The van der Waals surface area contributed by atoms with Gasteiger partial charge in [0.1, 0.15) is 0 Å². The van der Waals surface area contributed by atoms with E-state index in [0.717, 1.165) is 44.1 Å². The largest absolute Gasteiger partial charge is 0.493 e. The topological polar surface area (TPSA) is 209 Å². The molecule has 20 heteroatoms. The molecule has 0 radical (unpaired) electrons. The predicted molar refractivity (Wildman–Crippen MR) is 249 cm³/mol. The van der Waals surface area contributed by atoms with Crippen LogP contribution in [0.3, 0.4) is 0 Å². The summed E-state index contributed by atoms with van der Waals surface area (Å²) in [7, 11) is -1.84. The van der Waals surface area contributed by atoms with Crippen molar-refractivity contribution in [1.82, 2.24) is 19.8 Å². The van der Waals surface area contributed by atoms with Crippen molar-refractivity contribution in [2.24, 2.45) is 0 Å². The fourth-order valence-electron chi connectivity index (χ4n) is 9.02. The number of nitrogens with one attached hydrogen (secondary N) is 2. The number of nitrogens with zero attached hydrogens (tertiary/aromatic N) is 4. The van der Waals surface area contributed by atoms with Gasteiger partial charge in [-0.25, -0.2) is 0 Å². The number of anilines is 2. The van der Waals surface area contributed by atoms with E-state index in [0.29, 0.717) is 35.6 Å². The zero-order chi connectivity index (χ0) is 46.4. The van der Waals surface area contributed by atoms with Crippen LogP contribution in [0.5, 0.6) is 23.0 Å². The van der Waals surface area contributed by atoms with Crippen LogP contribution in [-0.4, -0.2) is 95.7 Å². The van der Waals surface area contributed by atoms with Gasteiger partial charge in [0.2, 0.25) is 0 Å². The number of aromatic nitrogens is 2. The first-order valence-corrected chi connectivity index (χ1v) is 23.0. The van der Waals surface area contributed by atoms with E-state index < -0.39 is 39.7 Å². The molecular formula is C47H42N6O12S2. The van der Waals surface area contributed by atoms with Gasteiger partial charge in [0.05, 0.1) is 73.1 Å². The van der Waals surface area contributed by atoms with E-state index in [4.69, 9.17) is 28.9 Å². The van der Waals surface area contributed by atoms with E-state index in [1.54, 1.807) is 41.8 Å². The third kappa shape index (κ3) is 8.43. The Bertz CT molecular complexity index is 3130. The van der Waals surface area contributed by atoms with Gasteiger partial charge in [0.25, 0.3) is 21.9 Å². The van der Waals surface area contributed by atoms with Gasteiger partial charge in [0.15, 0.2) is 34.6 Å². The molecule has 10 rings (SSSR count). The number of carbonyl (C=O) groups is 2. The molecule has 344 valence electrons. The van der Waals surface area contributed by atoms with Crippen molar-refractivity contribution in [2.75, 3.05) is 38.1 Å². The molecule has 4 aliphatic heterocycles. The number of hydrogen-bond donors (Lipinski definition) is 4. The number of amides is 2. The van der Waals surface area contributed by atoms with Crippen molar-refractivity contribution < 1.29 is 55.8 Å². The van der Waals surface area contributed by atoms with Gasteiger partial charge < -0.3 is 39.4 Å². The Morgan fingerprint density at radius 2 is 1.22 bits per heavy atom. The first-order chi connectivity index (χ1) is 32.5. The van der Waals surface area contributed by atoms with E-state index >= 15 is 0 Å². The van der Waals surface area contributed by atoms with Crippen LogP contribution in [-0.2, 0) is 24.4 Å². The van der Waals surface area contributed by atoms with Crippen molar-refractivity contribution in [3.8, 4) is 23.0 Å². The summed E-state index contributed by atoms with van der Waals surface area (Å²) < 4.78 is 64.4. The molecule has 2 aromatic heterocycles. The van der Waals surface area contributed by atoms with Gasteiger partial charge in [-0.2, -0.15) is 13.3 Å². The van der Waals surface area contributed by atoms with Crippen LogP contribution in [0.2, 0.25) is 0 Å². The zero-order valence-corrected chi connectivity index (χ0v) is 37.5. The van der Waals surface area contributed by atoms with Crippen molar-refractivity contribution in [3.05, 3.63) is 132 Å². The Kier molecular flexibility index (Phi) is 11.8. The van der Waals surface area contributed by atoms with E-state index in [2.05, 4.69) is 37.8 Å². The Morgan fingerprint density at radius 1 is 0.701 bits per heavy atom. The second-order valence-corrected chi connectivity index (χ2v) is 17.8. The second-order valence-electron chi connectivity index (χ2n) is 16.1. The van der Waals surface area contributed by atoms with E-state index in [1.165, 1.54) is 31.3 Å². The lowest BCUT2D eigenvalue weighted by Gasteiger charge is -2.26. The smallest absolute Gasteiger partial charge is 0.288 e. The van der Waals surface area contributed by atoms with Crippen molar-refractivity contribution >= 4 is 79.2 Å². The summed E-state index contributed by atoms with van der Waals surface area (Å²) in [6.07, 6.45) is 6.88. The lowest BCUT2D eigenvalue weighted by molar-refractivity contribution is -0.475. The number of carbonyl (C=O) groups excluding carboxylic acids is 2. The third-order valence-corrected chi connectivity index (χ3v) is 13.4. The molecule has 0 saturated carbocycles. The summed E-state index contributed by atoms with van der Waals surface area (Å²) in [4.78, 5) is 45.7. The van der Waals surface area contributed by atoms with Crippen LogP contribution in [0.4, 0.5) is 11.4 Å². The quantitative estimate of drug-likeness (QED) is 0.0211. The van der Waals surface area contributed by atoms with Crippen LogP contribution in [0.25, 0.3) is 33.0 Å². The SMILES string of the molecule is COc1cc2c(cc1OCCCOc1cc3c(cc1OC)C(=O)N1C=C(c4ccc5ncccc5c4)C[C@H]1C(S(=O)(=O)O)N3)NC(OOOS)[C@@H]1CC(c3ccc4ncccc4c3)=CN1C2=O. The summed E-state index contributed by atoms with van der Waals surface area (Å²) >= 11 is 3.65. The fraction of sp³-hybridized carbons (Fsp3) is 0.234. The molecule has 0 aliphatic carbocycles. The molecule has 2 amide bonds. The monoisotopic (exact) mass is 946 g/mol. The number of ether oxygens (including phenoxy) is 4. The highest BCUT2D eigenvalue weighted by Crippen LogP contribution is 2.44. The number of hydrogen-bond acceptors (Lipinski definition) is 16. The maximum Gasteiger partial charge on any atom is 0.288 e. The summed E-state index contributed by atoms with van der Waals surface area (Å²) in [6, 6.07) is 23.9. The number of methoxy groups -OCH3 is 2. The van der Waals surface area contributed by atoms with Gasteiger partial charge in [-0.1, -0.05) is 29.3 Å². The fourth-order valence-corrected chi connectivity index (χ4v) is 9.95. The third-order valence-electron chi connectivity index (χ3n) is 12.2. The van der Waals surface area contributed by atoms with Crippen LogP contribution in [0.1, 0.15) is 51.1 Å². The Hall–Kier alpha value is -6.94. The molecule has 0 fully saturated rings. The molecule has 4 aromatic carbocycles. The molecule has 4 aliphatic rings. The van der Waals surface area contributed by atoms with E-state index in [9.17, 15) is 22.6 Å². The molecule has 18 nitrogen and oxygen atoms in total. The molecule has 6 heterocycles. The average Bonchev–Trinajstić information content (AvgIpc) is 3.95. The maximum absolute atomic E-state index is 14.2. The zero-order valence-electron chi connectivity index (χ0n) is 35.8. The van der Waals surface area contributed by atoms with Crippen LogP contribution < -0.4 is 29.6 Å². The molecule has 0 bridgehead atoms. The Labute approximate surface area is 389 Å². The van der Waals surface area contributed by atoms with Crippen molar-refractivity contribution in [1.29, 1.82) is 0 Å². The first-order valence-electron chi connectivity index (χ1n) is 21.1. The van der Waals surface area contributed by atoms with Gasteiger partial charge in [-0.05, 0) is 83.6 Å². The second kappa shape index (κ2) is 18.0. The van der Waals surface area contributed by atoms with Crippen LogP contribution in [0, 0.1) is 0 Å². The number of fused-ring (bicyclic) bond motifs is 6. The predicted octanol–water partition coefficient (Wildman–Crippen LogP) is 7.27. The number of rotatable bonds is 14. The molecule has 67 heavy (non-hydrogen) atoms. The lowest BCUT2D eigenvalue weighted by Crippen LogP contribution is -2.46. The molecule has 0 spiro atoms. The summed E-state index contributed by atoms with van der Waals surface area (Å²) in [5.74, 6) is 0.285. The molecule has 2 unspecified atom stereocenters. The molecule has 3 N–H and O–H groups in total. The minimum absolute atomic E-state index is 0.104. The molecular weight excluding hydrogens is 905 g/mol. The normalized spacial score (nSPS) is 19.8.